The molecule has 2 unspecified atom stereocenters. The number of aryl methyl sites for hydroxylation is 1. The fourth-order valence-corrected chi connectivity index (χ4v) is 4.86. The minimum Gasteiger partial charge on any atom is -0.479 e. The molecule has 1 saturated heterocycles. The van der Waals surface area contributed by atoms with E-state index in [2.05, 4.69) is 9.97 Å². The largest absolute Gasteiger partial charge is 0.479 e. The minimum atomic E-state index is -1.02. The molecule has 204 valence electrons. The van der Waals surface area contributed by atoms with Crippen molar-refractivity contribution in [3.8, 4) is 11.9 Å². The molecule has 13 heteroatoms. The quantitative estimate of drug-likeness (QED) is 0.405. The molecule has 1 aliphatic rings. The van der Waals surface area contributed by atoms with Gasteiger partial charge in [0.05, 0.1) is 42.4 Å². The second kappa shape index (κ2) is 11.1. The number of carbonyl (C=O) groups excluding carboxylic acids is 1. The Bertz CT molecular complexity index is 1560. The maximum absolute atomic E-state index is 14.7. The van der Waals surface area contributed by atoms with Gasteiger partial charge >= 0.3 is 6.01 Å². The van der Waals surface area contributed by atoms with E-state index < -0.39 is 29.2 Å². The number of anilines is 1. The summed E-state index contributed by atoms with van der Waals surface area (Å²) in [6, 6.07) is 4.49. The molecule has 1 aromatic carbocycles. The Hall–Kier alpha value is -3.83. The Labute approximate surface area is 233 Å². The molecule has 10 nitrogen and oxygen atoms in total. The molecule has 0 radical (unpaired) electrons. The molecule has 39 heavy (non-hydrogen) atoms. The van der Waals surface area contributed by atoms with Gasteiger partial charge in [-0.25, -0.2) is 14.4 Å². The number of pyridine rings is 1. The predicted octanol–water partition coefficient (Wildman–Crippen LogP) is 4.79. The highest BCUT2D eigenvalue weighted by atomic mass is 35.5. The summed E-state index contributed by atoms with van der Waals surface area (Å²) in [6.07, 6.45) is 2.81. The van der Waals surface area contributed by atoms with Crippen molar-refractivity contribution in [2.24, 2.45) is 23.9 Å². The first-order chi connectivity index (χ1) is 18.5. The molecule has 0 bridgehead atoms. The van der Waals surface area contributed by atoms with E-state index in [0.29, 0.717) is 11.3 Å². The monoisotopic (exact) mass is 574 g/mol. The zero-order valence-corrected chi connectivity index (χ0v) is 23.2. The molecule has 1 N–H and O–H groups in total. The smallest absolute Gasteiger partial charge is 0.319 e. The fourth-order valence-electron chi connectivity index (χ4n) is 4.50. The van der Waals surface area contributed by atoms with Gasteiger partial charge in [0, 0.05) is 19.0 Å². The number of benzene rings is 1. The molecule has 2 atom stereocenters. The fraction of sp³-hybridized carbons (Fsp3) is 0.308. The van der Waals surface area contributed by atoms with Gasteiger partial charge in [0.15, 0.2) is 0 Å². The molecular formula is C26H25Cl2FN6O4. The highest BCUT2D eigenvalue weighted by molar-refractivity contribution is 6.49. The zero-order chi connectivity index (χ0) is 28.6. The maximum atomic E-state index is 14.7. The number of carbonyl (C=O) groups is 1. The first kappa shape index (κ1) is 28.2. The molecule has 0 saturated carbocycles. The highest BCUT2D eigenvalue weighted by Crippen LogP contribution is 2.43. The number of aromatic nitrogens is 3. The second-order valence-electron chi connectivity index (χ2n) is 9.09. The van der Waals surface area contributed by atoms with Crippen LogP contribution >= 0.6 is 23.2 Å². The van der Waals surface area contributed by atoms with Gasteiger partial charge in [-0.2, -0.15) is 4.98 Å². The minimum absolute atomic E-state index is 0.0592. The molecule has 0 aliphatic carbocycles. The molecule has 4 rings (SSSR count). The summed E-state index contributed by atoms with van der Waals surface area (Å²) in [4.78, 5) is 41.0. The highest BCUT2D eigenvalue weighted by Gasteiger charge is 2.50. The van der Waals surface area contributed by atoms with Crippen LogP contribution in [0.5, 0.6) is 11.9 Å². The molecule has 1 fully saturated rings. The van der Waals surface area contributed by atoms with Crippen molar-refractivity contribution < 1.29 is 18.7 Å². The predicted molar refractivity (Wildman–Crippen MR) is 147 cm³/mol. The van der Waals surface area contributed by atoms with Gasteiger partial charge < -0.3 is 14.0 Å². The standard InChI is InChI=1S/C26H25Cl2FN6O4/c1-12(2)21(32-17-10-31-26(39-5)33-23(17)38-4)19-20(30)25(37)35(18-9-14(27)11-34(3)24(18)36)22(19)13-6-7-15(28)16(29)8-13/h6-12,19,22,30H,1-5H3. The van der Waals surface area contributed by atoms with Gasteiger partial charge in [0.25, 0.3) is 11.5 Å². The number of nitrogens with one attached hydrogen (secondary N) is 1. The number of halogens is 3. The summed E-state index contributed by atoms with van der Waals surface area (Å²) in [6.45, 7) is 3.68. The van der Waals surface area contributed by atoms with Crippen molar-refractivity contribution in [2.75, 3.05) is 19.1 Å². The average Bonchev–Trinajstić information content (AvgIpc) is 3.16. The molecule has 3 aromatic rings. The van der Waals surface area contributed by atoms with Crippen LogP contribution in [0.15, 0.2) is 46.4 Å². The van der Waals surface area contributed by atoms with Crippen LogP contribution < -0.4 is 19.9 Å². The summed E-state index contributed by atoms with van der Waals surface area (Å²) in [5.41, 5.74) is 0.0246. The lowest BCUT2D eigenvalue weighted by atomic mass is 9.83. The summed E-state index contributed by atoms with van der Waals surface area (Å²) >= 11 is 12.2. The molecule has 1 amide bonds. The van der Waals surface area contributed by atoms with Crippen LogP contribution in [-0.4, -0.2) is 46.1 Å². The van der Waals surface area contributed by atoms with Gasteiger partial charge in [-0.1, -0.05) is 43.1 Å². The van der Waals surface area contributed by atoms with Crippen LogP contribution in [0.4, 0.5) is 15.8 Å². The molecule has 2 aromatic heterocycles. The third kappa shape index (κ3) is 5.24. The van der Waals surface area contributed by atoms with E-state index in [-0.39, 0.29) is 44.9 Å². The van der Waals surface area contributed by atoms with Gasteiger partial charge in [-0.3, -0.25) is 19.9 Å². The van der Waals surface area contributed by atoms with Crippen LogP contribution in [0, 0.1) is 23.1 Å². The number of hydrogen-bond acceptors (Lipinski definition) is 8. The Morgan fingerprint density at radius 2 is 1.90 bits per heavy atom. The van der Waals surface area contributed by atoms with Gasteiger partial charge in [-0.15, -0.1) is 0 Å². The second-order valence-corrected chi connectivity index (χ2v) is 9.93. The van der Waals surface area contributed by atoms with Crippen molar-refractivity contribution in [1.82, 2.24) is 14.5 Å². The Morgan fingerprint density at radius 1 is 1.18 bits per heavy atom. The number of aliphatic imine (C=N–C) groups is 1. The lowest BCUT2D eigenvalue weighted by molar-refractivity contribution is -0.112. The van der Waals surface area contributed by atoms with E-state index in [9.17, 15) is 14.0 Å². The van der Waals surface area contributed by atoms with Crippen LogP contribution in [-0.2, 0) is 11.8 Å². The van der Waals surface area contributed by atoms with Gasteiger partial charge in [0.2, 0.25) is 5.88 Å². The first-order valence-corrected chi connectivity index (χ1v) is 12.5. The van der Waals surface area contributed by atoms with Crippen LogP contribution in [0.2, 0.25) is 10.0 Å². The number of methoxy groups -OCH3 is 2. The van der Waals surface area contributed by atoms with Crippen LogP contribution in [0.1, 0.15) is 25.5 Å². The van der Waals surface area contributed by atoms with E-state index in [1.165, 1.54) is 61.3 Å². The zero-order valence-electron chi connectivity index (χ0n) is 21.7. The maximum Gasteiger partial charge on any atom is 0.319 e. The van der Waals surface area contributed by atoms with Crippen molar-refractivity contribution in [1.29, 1.82) is 5.41 Å². The van der Waals surface area contributed by atoms with Crippen molar-refractivity contribution in [2.45, 2.75) is 19.9 Å². The van der Waals surface area contributed by atoms with Crippen molar-refractivity contribution in [3.63, 3.8) is 0 Å². The summed E-state index contributed by atoms with van der Waals surface area (Å²) in [5.74, 6) is -2.65. The molecule has 0 spiro atoms. The third-order valence-electron chi connectivity index (χ3n) is 6.28. The number of nitrogens with zero attached hydrogens (tertiary/aromatic N) is 5. The molecule has 1 aliphatic heterocycles. The van der Waals surface area contributed by atoms with E-state index in [1.54, 1.807) is 6.07 Å². The normalized spacial score (nSPS) is 17.8. The first-order valence-electron chi connectivity index (χ1n) is 11.7. The van der Waals surface area contributed by atoms with E-state index in [1.807, 2.05) is 13.8 Å². The topological polar surface area (TPSA) is 123 Å². The average molecular weight is 575 g/mol. The number of amides is 1. The van der Waals surface area contributed by atoms with Crippen LogP contribution in [0.3, 0.4) is 0 Å². The number of ether oxygens (including phenoxy) is 2. The van der Waals surface area contributed by atoms with Crippen molar-refractivity contribution in [3.05, 3.63) is 68.4 Å². The SMILES string of the molecule is COc1ncc(N=C(C(C)C)C2C(=N)C(=O)N(c3cc(Cl)cn(C)c3=O)C2c2ccc(Cl)c(F)c2)c(OC)n1. The Balaban J connectivity index is 1.99. The molecule has 3 heterocycles. The van der Waals surface area contributed by atoms with E-state index in [4.69, 9.17) is 43.1 Å². The lowest BCUT2D eigenvalue weighted by Gasteiger charge is -2.29. The van der Waals surface area contributed by atoms with Crippen molar-refractivity contribution >= 4 is 51.9 Å². The summed E-state index contributed by atoms with van der Waals surface area (Å²) < 4.78 is 26.4. The summed E-state index contributed by atoms with van der Waals surface area (Å²) in [5, 5.41) is 8.97. The number of hydrogen-bond donors (Lipinski definition) is 1. The molecular weight excluding hydrogens is 550 g/mol. The van der Waals surface area contributed by atoms with Gasteiger partial charge in [0.1, 0.15) is 22.9 Å². The van der Waals surface area contributed by atoms with Gasteiger partial charge in [-0.05, 0) is 29.7 Å². The summed E-state index contributed by atoms with van der Waals surface area (Å²) in [7, 11) is 4.31. The van der Waals surface area contributed by atoms with E-state index in [0.717, 1.165) is 0 Å². The van der Waals surface area contributed by atoms with E-state index >= 15 is 0 Å². The van der Waals surface area contributed by atoms with Crippen LogP contribution in [0.25, 0.3) is 0 Å². The lowest BCUT2D eigenvalue weighted by Crippen LogP contribution is -2.36. The Kier molecular flexibility index (Phi) is 8.03. The Morgan fingerprint density at radius 3 is 2.51 bits per heavy atom. The number of rotatable bonds is 7. The third-order valence-corrected chi connectivity index (χ3v) is 6.79.